The lowest BCUT2D eigenvalue weighted by Crippen LogP contribution is -2.17. The summed E-state index contributed by atoms with van der Waals surface area (Å²) in [6.45, 7) is 3.42. The molecule has 0 fully saturated rings. The second-order valence-electron chi connectivity index (χ2n) is 4.33. The van der Waals surface area contributed by atoms with E-state index in [9.17, 15) is 4.79 Å². The highest BCUT2D eigenvalue weighted by molar-refractivity contribution is 9.11. The Balaban J connectivity index is 2.43. The highest BCUT2D eigenvalue weighted by Crippen LogP contribution is 2.21. The summed E-state index contributed by atoms with van der Waals surface area (Å²) in [4.78, 5) is 11.9. The summed E-state index contributed by atoms with van der Waals surface area (Å²) in [5.41, 5.74) is 2.98. The Labute approximate surface area is 154 Å². The van der Waals surface area contributed by atoms with Crippen molar-refractivity contribution in [2.45, 2.75) is 19.3 Å². The van der Waals surface area contributed by atoms with Crippen LogP contribution in [-0.4, -0.2) is 17.2 Å². The van der Waals surface area contributed by atoms with Crippen molar-refractivity contribution in [2.75, 3.05) is 0 Å². The molecule has 22 heavy (non-hydrogen) atoms. The fraction of sp³-hybridized carbons (Fsp3) is 0.200. The first kappa shape index (κ1) is 19.1. The van der Waals surface area contributed by atoms with Gasteiger partial charge in [-0.3, -0.25) is 4.79 Å². The molecule has 0 bridgehead atoms. The molecule has 0 aliphatic heterocycles. The number of hydrogen-bond donors (Lipinski definition) is 2. The van der Waals surface area contributed by atoms with Crippen LogP contribution in [0.1, 0.15) is 29.6 Å². The highest BCUT2D eigenvalue weighted by atomic mass is 79.9. The van der Waals surface area contributed by atoms with E-state index in [1.807, 2.05) is 6.08 Å². The van der Waals surface area contributed by atoms with Crippen molar-refractivity contribution >= 4 is 59.9 Å². The maximum absolute atomic E-state index is 11.9. The van der Waals surface area contributed by atoms with E-state index >= 15 is 0 Å². The van der Waals surface area contributed by atoms with Crippen LogP contribution in [0, 0.1) is 0 Å². The molecule has 4 nitrogen and oxygen atoms in total. The van der Waals surface area contributed by atoms with Crippen LogP contribution in [-0.2, 0) is 0 Å². The van der Waals surface area contributed by atoms with Crippen molar-refractivity contribution in [3.05, 3.63) is 55.6 Å². The maximum Gasteiger partial charge on any atom is 0.272 e. The van der Waals surface area contributed by atoms with Crippen LogP contribution in [0.4, 0.5) is 0 Å². The molecule has 7 heteroatoms. The van der Waals surface area contributed by atoms with E-state index in [4.69, 9.17) is 5.11 Å². The number of hydrazone groups is 1. The molecule has 1 aromatic rings. The Morgan fingerprint density at radius 1 is 1.36 bits per heavy atom. The number of aliphatic hydroxyl groups is 1. The molecule has 0 heterocycles. The Kier molecular flexibility index (Phi) is 8.67. The Bertz CT molecular complexity index is 613. The zero-order chi connectivity index (χ0) is 16.5. The van der Waals surface area contributed by atoms with Gasteiger partial charge >= 0.3 is 0 Å². The lowest BCUT2D eigenvalue weighted by Gasteiger charge is -2.03. The van der Waals surface area contributed by atoms with Crippen molar-refractivity contribution in [1.29, 1.82) is 0 Å². The quantitative estimate of drug-likeness (QED) is 0.301. The monoisotopic (exact) mass is 492 g/mol. The van der Waals surface area contributed by atoms with Crippen LogP contribution >= 0.6 is 47.8 Å². The number of rotatable bonds is 7. The van der Waals surface area contributed by atoms with Gasteiger partial charge in [0.15, 0.2) is 0 Å². The molecule has 0 spiro atoms. The number of nitrogens with zero attached hydrogens (tertiary/aromatic N) is 1. The summed E-state index contributed by atoms with van der Waals surface area (Å²) in [5, 5.41) is 12.9. The standard InChI is InChI=1S/C15H15Br3N2O2/c1-10(21)4-5-11(16)3-2-8-19-20-15(22)13-7-6-12(17)9-14(13)18/h3,6-9,21H,1-2,4-5H2,(H,20,22)/b11-3+,19-8+. The van der Waals surface area contributed by atoms with Gasteiger partial charge in [0.25, 0.3) is 5.91 Å². The van der Waals surface area contributed by atoms with Crippen molar-refractivity contribution in [2.24, 2.45) is 5.10 Å². The third-order valence-corrected chi connectivity index (χ3v) is 4.40. The summed E-state index contributed by atoms with van der Waals surface area (Å²) < 4.78 is 2.54. The van der Waals surface area contributed by atoms with Crippen molar-refractivity contribution in [3.63, 3.8) is 0 Å². The number of carbonyl (C=O) groups is 1. The minimum atomic E-state index is -0.282. The molecule has 1 rings (SSSR count). The molecule has 0 radical (unpaired) electrons. The van der Waals surface area contributed by atoms with E-state index in [1.165, 1.54) is 0 Å². The summed E-state index contributed by atoms with van der Waals surface area (Å²) in [5.74, 6) is -0.124. The molecule has 0 aliphatic rings. The fourth-order valence-corrected chi connectivity index (χ4v) is 3.05. The van der Waals surface area contributed by atoms with E-state index in [0.717, 1.165) is 8.96 Å². The average molecular weight is 495 g/mol. The van der Waals surface area contributed by atoms with Gasteiger partial charge in [0.05, 0.1) is 11.3 Å². The summed E-state index contributed by atoms with van der Waals surface area (Å²) in [7, 11) is 0. The largest absolute Gasteiger partial charge is 0.513 e. The molecule has 0 aromatic heterocycles. The second-order valence-corrected chi connectivity index (χ2v) is 7.12. The summed E-state index contributed by atoms with van der Waals surface area (Å²) in [6.07, 6.45) is 5.28. The number of carbonyl (C=O) groups excluding carboxylic acids is 1. The van der Waals surface area contributed by atoms with Crippen LogP contribution in [0.5, 0.6) is 0 Å². The molecule has 0 saturated carbocycles. The predicted octanol–water partition coefficient (Wildman–Crippen LogP) is 5.45. The number of nitrogens with one attached hydrogen (secondary N) is 1. The van der Waals surface area contributed by atoms with Crippen molar-refractivity contribution in [1.82, 2.24) is 5.43 Å². The normalized spacial score (nSPS) is 11.7. The Morgan fingerprint density at radius 3 is 2.73 bits per heavy atom. The Morgan fingerprint density at radius 2 is 2.09 bits per heavy atom. The zero-order valence-electron chi connectivity index (χ0n) is 11.7. The molecule has 118 valence electrons. The molecule has 0 unspecified atom stereocenters. The topological polar surface area (TPSA) is 61.7 Å². The summed E-state index contributed by atoms with van der Waals surface area (Å²) >= 11 is 10.1. The number of aliphatic hydroxyl groups excluding tert-OH is 1. The third-order valence-electron chi connectivity index (χ3n) is 2.53. The molecule has 2 N–H and O–H groups in total. The highest BCUT2D eigenvalue weighted by Gasteiger charge is 2.08. The van der Waals surface area contributed by atoms with E-state index in [0.29, 0.717) is 29.3 Å². The third kappa shape index (κ3) is 7.38. The van der Waals surface area contributed by atoms with Crippen LogP contribution in [0.3, 0.4) is 0 Å². The van der Waals surface area contributed by atoms with Crippen LogP contribution < -0.4 is 5.43 Å². The molecule has 0 atom stereocenters. The first-order valence-electron chi connectivity index (χ1n) is 6.38. The van der Waals surface area contributed by atoms with Gasteiger partial charge in [-0.25, -0.2) is 5.43 Å². The predicted molar refractivity (Wildman–Crippen MR) is 100 cm³/mol. The minimum Gasteiger partial charge on any atom is -0.513 e. The van der Waals surface area contributed by atoms with Crippen molar-refractivity contribution < 1.29 is 9.90 Å². The lowest BCUT2D eigenvalue weighted by molar-refractivity contribution is 0.0954. The van der Waals surface area contributed by atoms with Gasteiger partial charge < -0.3 is 5.11 Å². The minimum absolute atomic E-state index is 0.159. The summed E-state index contributed by atoms with van der Waals surface area (Å²) in [6, 6.07) is 5.29. The number of allylic oxidation sites excluding steroid dienone is 3. The molecule has 0 aliphatic carbocycles. The molecular formula is C15H15Br3N2O2. The molecule has 0 saturated heterocycles. The van der Waals surface area contributed by atoms with E-state index in [-0.39, 0.29) is 11.7 Å². The molecule has 1 amide bonds. The van der Waals surface area contributed by atoms with Crippen LogP contribution in [0.25, 0.3) is 0 Å². The SMILES string of the molecule is C=C(O)CC/C(Br)=C\C/C=N/NC(=O)c1ccc(Br)cc1Br. The average Bonchev–Trinajstić information content (AvgIpc) is 2.44. The van der Waals surface area contributed by atoms with E-state index in [2.05, 4.69) is 64.9 Å². The van der Waals surface area contributed by atoms with Gasteiger partial charge in [0.1, 0.15) is 0 Å². The van der Waals surface area contributed by atoms with Gasteiger partial charge in [-0.05, 0) is 45.0 Å². The van der Waals surface area contributed by atoms with Gasteiger partial charge in [0.2, 0.25) is 0 Å². The first-order valence-corrected chi connectivity index (χ1v) is 8.76. The fourth-order valence-electron chi connectivity index (χ4n) is 1.44. The Hall–Kier alpha value is -0.920. The van der Waals surface area contributed by atoms with Gasteiger partial charge in [-0.1, -0.05) is 44.5 Å². The number of benzene rings is 1. The van der Waals surface area contributed by atoms with Crippen LogP contribution in [0.15, 0.2) is 55.1 Å². The van der Waals surface area contributed by atoms with Crippen molar-refractivity contribution in [3.8, 4) is 0 Å². The zero-order valence-corrected chi connectivity index (χ0v) is 16.4. The maximum atomic E-state index is 11.9. The van der Waals surface area contributed by atoms with Crippen LogP contribution in [0.2, 0.25) is 0 Å². The molecular weight excluding hydrogens is 480 g/mol. The van der Waals surface area contributed by atoms with Gasteiger partial charge in [-0.15, -0.1) is 0 Å². The molecule has 1 aromatic carbocycles. The number of amides is 1. The number of halogens is 3. The number of hydrogen-bond acceptors (Lipinski definition) is 3. The lowest BCUT2D eigenvalue weighted by atomic mass is 10.2. The smallest absolute Gasteiger partial charge is 0.272 e. The van der Waals surface area contributed by atoms with E-state index < -0.39 is 0 Å². The van der Waals surface area contributed by atoms with E-state index in [1.54, 1.807) is 24.4 Å². The van der Waals surface area contributed by atoms with Gasteiger partial charge in [-0.2, -0.15) is 5.10 Å². The second kappa shape index (κ2) is 9.97. The van der Waals surface area contributed by atoms with Gasteiger partial charge in [0, 0.05) is 28.0 Å². The first-order chi connectivity index (χ1) is 10.4.